The van der Waals surface area contributed by atoms with Crippen LogP contribution in [0, 0.1) is 11.3 Å². The molecule has 0 amide bonds. The molecule has 7 heteroatoms. The zero-order valence-corrected chi connectivity index (χ0v) is 13.4. The van der Waals surface area contributed by atoms with Crippen LogP contribution in [0.1, 0.15) is 11.1 Å². The Kier molecular flexibility index (Phi) is 4.44. The number of para-hydroxylation sites is 1. The van der Waals surface area contributed by atoms with Gasteiger partial charge < -0.3 is 4.74 Å². The monoisotopic (exact) mass is 334 g/mol. The molecule has 3 aromatic rings. The summed E-state index contributed by atoms with van der Waals surface area (Å²) in [5.74, 6) is -0.181. The lowest BCUT2D eigenvalue weighted by Gasteiger charge is -2.11. The first kappa shape index (κ1) is 16.2. The number of benzene rings is 2. The predicted octanol–water partition coefficient (Wildman–Crippen LogP) is 1.32. The number of methoxy groups -OCH3 is 1. The molecule has 1 aromatic heterocycles. The highest BCUT2D eigenvalue weighted by molar-refractivity contribution is 5.33. The molecule has 2 aromatic carbocycles. The third-order valence-corrected chi connectivity index (χ3v) is 3.62. The highest BCUT2D eigenvalue weighted by Gasteiger charge is 2.15. The Morgan fingerprint density at radius 2 is 1.88 bits per heavy atom. The van der Waals surface area contributed by atoms with Crippen molar-refractivity contribution in [2.24, 2.45) is 0 Å². The molecule has 0 fully saturated rings. The normalized spacial score (nSPS) is 10.2. The second-order valence-electron chi connectivity index (χ2n) is 5.24. The van der Waals surface area contributed by atoms with Crippen LogP contribution in [0.15, 0.2) is 64.2 Å². The van der Waals surface area contributed by atoms with Crippen molar-refractivity contribution in [2.45, 2.75) is 6.54 Å². The summed E-state index contributed by atoms with van der Waals surface area (Å²) in [7, 11) is 1.32. The van der Waals surface area contributed by atoms with Crippen LogP contribution < -0.4 is 16.0 Å². The molecule has 0 aliphatic carbocycles. The first-order valence-corrected chi connectivity index (χ1v) is 7.46. The van der Waals surface area contributed by atoms with Crippen LogP contribution in [0.2, 0.25) is 0 Å². The maximum absolute atomic E-state index is 12.8. The van der Waals surface area contributed by atoms with Gasteiger partial charge in [-0.1, -0.05) is 30.3 Å². The zero-order valence-electron chi connectivity index (χ0n) is 13.4. The third-order valence-electron chi connectivity index (χ3n) is 3.62. The van der Waals surface area contributed by atoms with E-state index in [0.717, 1.165) is 9.25 Å². The minimum Gasteiger partial charge on any atom is -0.476 e. The topological polar surface area (TPSA) is 89.9 Å². The predicted molar refractivity (Wildman–Crippen MR) is 90.9 cm³/mol. The zero-order chi connectivity index (χ0) is 17.8. The Morgan fingerprint density at radius 1 is 1.12 bits per heavy atom. The van der Waals surface area contributed by atoms with Gasteiger partial charge in [0.1, 0.15) is 0 Å². The summed E-state index contributed by atoms with van der Waals surface area (Å²) < 4.78 is 7.19. The van der Waals surface area contributed by atoms with Crippen molar-refractivity contribution in [3.05, 3.63) is 86.6 Å². The van der Waals surface area contributed by atoms with Gasteiger partial charge in [-0.05, 0) is 29.8 Å². The van der Waals surface area contributed by atoms with Crippen molar-refractivity contribution in [1.82, 2.24) is 14.3 Å². The van der Waals surface area contributed by atoms with Gasteiger partial charge in [0.2, 0.25) is 0 Å². The lowest BCUT2D eigenvalue weighted by molar-refractivity contribution is 0.367. The van der Waals surface area contributed by atoms with E-state index < -0.39 is 11.2 Å². The molecule has 0 spiro atoms. The third kappa shape index (κ3) is 3.19. The minimum atomic E-state index is -0.623. The van der Waals surface area contributed by atoms with Crippen LogP contribution in [-0.2, 0) is 6.54 Å². The van der Waals surface area contributed by atoms with Gasteiger partial charge in [-0.2, -0.15) is 9.94 Å². The fourth-order valence-corrected chi connectivity index (χ4v) is 2.42. The number of nitrogens with zero attached hydrogens (tertiary/aromatic N) is 4. The van der Waals surface area contributed by atoms with E-state index in [1.54, 1.807) is 48.5 Å². The Hall–Kier alpha value is -3.66. The van der Waals surface area contributed by atoms with Crippen molar-refractivity contribution < 1.29 is 4.74 Å². The van der Waals surface area contributed by atoms with Gasteiger partial charge in [0.15, 0.2) is 0 Å². The summed E-state index contributed by atoms with van der Waals surface area (Å²) in [6.45, 7) is 0.0128. The molecule has 0 N–H and O–H groups in total. The molecule has 0 aliphatic heterocycles. The summed E-state index contributed by atoms with van der Waals surface area (Å²) in [6, 6.07) is 17.5. The molecule has 7 nitrogen and oxygen atoms in total. The lowest BCUT2D eigenvalue weighted by atomic mass is 10.1. The van der Waals surface area contributed by atoms with E-state index in [4.69, 9.17) is 10.00 Å². The number of aromatic nitrogens is 3. The highest BCUT2D eigenvalue weighted by Crippen LogP contribution is 2.07. The molecule has 0 saturated heterocycles. The minimum absolute atomic E-state index is 0.0128. The second kappa shape index (κ2) is 6.84. The summed E-state index contributed by atoms with van der Waals surface area (Å²) >= 11 is 0. The Morgan fingerprint density at radius 3 is 2.56 bits per heavy atom. The van der Waals surface area contributed by atoms with Crippen molar-refractivity contribution in [1.29, 1.82) is 5.26 Å². The van der Waals surface area contributed by atoms with Gasteiger partial charge in [0, 0.05) is 0 Å². The molecule has 0 atom stereocenters. The number of nitriles is 1. The van der Waals surface area contributed by atoms with Crippen LogP contribution in [-0.4, -0.2) is 21.5 Å². The highest BCUT2D eigenvalue weighted by atomic mass is 16.5. The smallest absolute Gasteiger partial charge is 0.352 e. The van der Waals surface area contributed by atoms with E-state index >= 15 is 0 Å². The molecule has 0 saturated carbocycles. The maximum Gasteiger partial charge on any atom is 0.352 e. The maximum atomic E-state index is 12.8. The molecule has 1 heterocycles. The van der Waals surface area contributed by atoms with Crippen LogP contribution in [0.5, 0.6) is 5.88 Å². The lowest BCUT2D eigenvalue weighted by Crippen LogP contribution is -2.41. The Balaban J connectivity index is 2.17. The van der Waals surface area contributed by atoms with Gasteiger partial charge in [-0.3, -0.25) is 4.79 Å². The van der Waals surface area contributed by atoms with E-state index in [-0.39, 0.29) is 12.4 Å². The van der Waals surface area contributed by atoms with E-state index in [1.807, 2.05) is 12.1 Å². The van der Waals surface area contributed by atoms with Crippen LogP contribution in [0.4, 0.5) is 0 Å². The Labute approximate surface area is 143 Å². The molecular formula is C18H14N4O3. The molecule has 0 unspecified atom stereocenters. The van der Waals surface area contributed by atoms with E-state index in [9.17, 15) is 9.59 Å². The van der Waals surface area contributed by atoms with Crippen LogP contribution in [0.25, 0.3) is 5.69 Å². The van der Waals surface area contributed by atoms with Gasteiger partial charge >= 0.3 is 11.2 Å². The fourth-order valence-electron chi connectivity index (χ4n) is 2.42. The molecule has 124 valence electrons. The van der Waals surface area contributed by atoms with Gasteiger partial charge in [-0.25, -0.2) is 9.36 Å². The number of hydrogen-bond acceptors (Lipinski definition) is 5. The standard InChI is InChI=1S/C18H14N4O3/c1-25-16-17(23)21(12-14-7-5-6-13(10-14)11-19)18(24)22(20-16)15-8-3-2-4-9-15/h2-10H,12H2,1H3. The summed E-state index contributed by atoms with van der Waals surface area (Å²) in [5, 5.41) is 13.0. The largest absolute Gasteiger partial charge is 0.476 e. The summed E-state index contributed by atoms with van der Waals surface area (Å²) in [4.78, 5) is 25.2. The number of hydrogen-bond donors (Lipinski definition) is 0. The number of ether oxygens (including phenoxy) is 1. The average Bonchev–Trinajstić information content (AvgIpc) is 2.66. The van der Waals surface area contributed by atoms with Crippen molar-refractivity contribution >= 4 is 0 Å². The van der Waals surface area contributed by atoms with Crippen molar-refractivity contribution in [3.63, 3.8) is 0 Å². The quantitative estimate of drug-likeness (QED) is 0.718. The van der Waals surface area contributed by atoms with E-state index in [1.165, 1.54) is 7.11 Å². The Bertz CT molecular complexity index is 1060. The number of rotatable bonds is 4. The van der Waals surface area contributed by atoms with Crippen LogP contribution in [0.3, 0.4) is 0 Å². The van der Waals surface area contributed by atoms with Gasteiger partial charge in [0.05, 0.1) is 31.0 Å². The molecule has 0 aliphatic rings. The summed E-state index contributed by atoms with van der Waals surface area (Å²) in [6.07, 6.45) is 0. The van der Waals surface area contributed by atoms with Gasteiger partial charge in [-0.15, -0.1) is 5.10 Å². The first-order chi connectivity index (χ1) is 12.1. The summed E-state index contributed by atoms with van der Waals surface area (Å²) in [5.41, 5.74) is 0.424. The van der Waals surface area contributed by atoms with Crippen molar-refractivity contribution in [2.75, 3.05) is 7.11 Å². The van der Waals surface area contributed by atoms with E-state index in [0.29, 0.717) is 16.8 Å². The van der Waals surface area contributed by atoms with Gasteiger partial charge in [0.25, 0.3) is 5.88 Å². The molecule has 3 rings (SSSR count). The fraction of sp³-hybridized carbons (Fsp3) is 0.111. The first-order valence-electron chi connectivity index (χ1n) is 7.46. The molecule has 25 heavy (non-hydrogen) atoms. The average molecular weight is 334 g/mol. The van der Waals surface area contributed by atoms with Crippen LogP contribution >= 0.6 is 0 Å². The van der Waals surface area contributed by atoms with Crippen molar-refractivity contribution in [3.8, 4) is 17.6 Å². The SMILES string of the molecule is COc1nn(-c2ccccc2)c(=O)n(Cc2cccc(C#N)c2)c1=O. The van der Waals surface area contributed by atoms with E-state index in [2.05, 4.69) is 5.10 Å². The molecule has 0 bridgehead atoms. The second-order valence-corrected chi connectivity index (χ2v) is 5.24. The molecular weight excluding hydrogens is 320 g/mol. The molecule has 0 radical (unpaired) electrons.